The number of halogens is 1. The van der Waals surface area contributed by atoms with E-state index in [1.165, 1.54) is 0 Å². The van der Waals surface area contributed by atoms with Crippen molar-refractivity contribution in [1.29, 1.82) is 0 Å². The Morgan fingerprint density at radius 3 is 2.00 bits per heavy atom. The van der Waals surface area contributed by atoms with E-state index in [9.17, 15) is 9.59 Å². The average Bonchev–Trinajstić information content (AvgIpc) is 2.70. The van der Waals surface area contributed by atoms with Crippen LogP contribution in [0.4, 0.5) is 5.69 Å². The SMILES string of the molecule is O=C(CN1CCN(CC(=O)Nc2ccc(Cl)cc2)CC1)NCc1ccccc1. The summed E-state index contributed by atoms with van der Waals surface area (Å²) in [7, 11) is 0. The van der Waals surface area contributed by atoms with Crippen molar-refractivity contribution in [2.24, 2.45) is 0 Å². The molecular weight excluding hydrogens is 376 g/mol. The number of anilines is 1. The quantitative estimate of drug-likeness (QED) is 0.748. The monoisotopic (exact) mass is 400 g/mol. The summed E-state index contributed by atoms with van der Waals surface area (Å²) >= 11 is 5.85. The maximum absolute atomic E-state index is 12.2. The molecule has 1 heterocycles. The Bertz CT molecular complexity index is 775. The lowest BCUT2D eigenvalue weighted by atomic mass is 10.2. The number of carbonyl (C=O) groups excluding carboxylic acids is 2. The van der Waals surface area contributed by atoms with Crippen LogP contribution in [0.25, 0.3) is 0 Å². The first-order valence-electron chi connectivity index (χ1n) is 9.39. The number of nitrogens with one attached hydrogen (secondary N) is 2. The molecule has 0 aromatic heterocycles. The average molecular weight is 401 g/mol. The standard InChI is InChI=1S/C21H25ClN4O2/c22-18-6-8-19(9-7-18)24-21(28)16-26-12-10-25(11-13-26)15-20(27)23-14-17-4-2-1-3-5-17/h1-9H,10-16H2,(H,23,27)(H,24,28). The molecule has 1 fully saturated rings. The third-order valence-electron chi connectivity index (χ3n) is 4.66. The molecule has 2 N–H and O–H groups in total. The third kappa shape index (κ3) is 6.64. The molecule has 1 saturated heterocycles. The first-order valence-corrected chi connectivity index (χ1v) is 9.77. The lowest BCUT2D eigenvalue weighted by molar-refractivity contribution is -0.123. The molecule has 7 heteroatoms. The highest BCUT2D eigenvalue weighted by atomic mass is 35.5. The van der Waals surface area contributed by atoms with Crippen molar-refractivity contribution < 1.29 is 9.59 Å². The second-order valence-corrected chi connectivity index (χ2v) is 7.31. The highest BCUT2D eigenvalue weighted by molar-refractivity contribution is 6.30. The fourth-order valence-corrected chi connectivity index (χ4v) is 3.22. The summed E-state index contributed by atoms with van der Waals surface area (Å²) in [6.07, 6.45) is 0. The van der Waals surface area contributed by atoms with Crippen LogP contribution in [0.5, 0.6) is 0 Å². The molecule has 3 rings (SSSR count). The molecule has 0 atom stereocenters. The molecule has 0 unspecified atom stereocenters. The van der Waals surface area contributed by atoms with Gasteiger partial charge < -0.3 is 10.6 Å². The van der Waals surface area contributed by atoms with Crippen molar-refractivity contribution in [3.8, 4) is 0 Å². The van der Waals surface area contributed by atoms with Crippen LogP contribution in [-0.4, -0.2) is 60.9 Å². The van der Waals surface area contributed by atoms with Crippen LogP contribution < -0.4 is 10.6 Å². The molecule has 28 heavy (non-hydrogen) atoms. The Kier molecular flexibility index (Phi) is 7.42. The fraction of sp³-hybridized carbons (Fsp3) is 0.333. The van der Waals surface area contributed by atoms with E-state index in [2.05, 4.69) is 20.4 Å². The van der Waals surface area contributed by atoms with E-state index in [1.807, 2.05) is 30.3 Å². The van der Waals surface area contributed by atoms with Gasteiger partial charge >= 0.3 is 0 Å². The van der Waals surface area contributed by atoms with E-state index in [4.69, 9.17) is 11.6 Å². The van der Waals surface area contributed by atoms with Gasteiger partial charge in [0.05, 0.1) is 13.1 Å². The largest absolute Gasteiger partial charge is 0.351 e. The molecule has 0 radical (unpaired) electrons. The van der Waals surface area contributed by atoms with E-state index >= 15 is 0 Å². The molecule has 1 aliphatic rings. The zero-order valence-electron chi connectivity index (χ0n) is 15.7. The van der Waals surface area contributed by atoms with Gasteiger partial charge in [-0.25, -0.2) is 0 Å². The van der Waals surface area contributed by atoms with Crippen molar-refractivity contribution >= 4 is 29.1 Å². The van der Waals surface area contributed by atoms with Gasteiger partial charge in [0.2, 0.25) is 11.8 Å². The van der Waals surface area contributed by atoms with E-state index in [0.29, 0.717) is 24.7 Å². The summed E-state index contributed by atoms with van der Waals surface area (Å²) in [5, 5.41) is 6.47. The predicted octanol–water partition coefficient (Wildman–Crippen LogP) is 2.21. The Hall–Kier alpha value is -2.41. The van der Waals surface area contributed by atoms with Crippen LogP contribution >= 0.6 is 11.6 Å². The zero-order valence-corrected chi connectivity index (χ0v) is 16.5. The van der Waals surface area contributed by atoms with E-state index in [-0.39, 0.29) is 11.8 Å². The van der Waals surface area contributed by atoms with E-state index in [0.717, 1.165) is 37.4 Å². The third-order valence-corrected chi connectivity index (χ3v) is 4.91. The second kappa shape index (κ2) is 10.2. The molecule has 1 aliphatic heterocycles. The second-order valence-electron chi connectivity index (χ2n) is 6.87. The van der Waals surface area contributed by atoms with Crippen LogP contribution in [0.2, 0.25) is 5.02 Å². The summed E-state index contributed by atoms with van der Waals surface area (Å²) in [5.74, 6) is -0.0193. The van der Waals surface area contributed by atoms with Gasteiger partial charge in [-0.05, 0) is 29.8 Å². The molecule has 0 bridgehead atoms. The van der Waals surface area contributed by atoms with Gasteiger partial charge in [-0.1, -0.05) is 41.9 Å². The lowest BCUT2D eigenvalue weighted by Gasteiger charge is -2.33. The number of benzene rings is 2. The maximum Gasteiger partial charge on any atom is 0.238 e. The number of carbonyl (C=O) groups is 2. The van der Waals surface area contributed by atoms with Crippen molar-refractivity contribution in [3.63, 3.8) is 0 Å². The van der Waals surface area contributed by atoms with Gasteiger partial charge in [-0.3, -0.25) is 19.4 Å². The topological polar surface area (TPSA) is 64.7 Å². The minimum Gasteiger partial charge on any atom is -0.351 e. The minimum atomic E-state index is -0.0450. The summed E-state index contributed by atoms with van der Waals surface area (Å²) in [6, 6.07) is 16.9. The van der Waals surface area contributed by atoms with Crippen LogP contribution in [0, 0.1) is 0 Å². The number of rotatable bonds is 7. The Morgan fingerprint density at radius 1 is 0.821 bits per heavy atom. The Labute approximate surface area is 170 Å². The van der Waals surface area contributed by atoms with Crippen molar-refractivity contribution in [1.82, 2.24) is 15.1 Å². The normalized spacial score (nSPS) is 15.2. The first-order chi connectivity index (χ1) is 13.6. The molecule has 148 valence electrons. The Morgan fingerprint density at radius 2 is 1.39 bits per heavy atom. The van der Waals surface area contributed by atoms with Crippen LogP contribution in [-0.2, 0) is 16.1 Å². The van der Waals surface area contributed by atoms with Gasteiger partial charge in [0, 0.05) is 43.4 Å². The van der Waals surface area contributed by atoms with Crippen LogP contribution in [0.1, 0.15) is 5.56 Å². The first kappa shape index (κ1) is 20.3. The van der Waals surface area contributed by atoms with Gasteiger partial charge in [-0.2, -0.15) is 0 Å². The van der Waals surface area contributed by atoms with Crippen molar-refractivity contribution in [2.45, 2.75) is 6.54 Å². The highest BCUT2D eigenvalue weighted by Crippen LogP contribution is 2.13. The highest BCUT2D eigenvalue weighted by Gasteiger charge is 2.20. The number of hydrogen-bond acceptors (Lipinski definition) is 4. The zero-order chi connectivity index (χ0) is 19.8. The van der Waals surface area contributed by atoms with Crippen molar-refractivity contribution in [3.05, 3.63) is 65.2 Å². The smallest absolute Gasteiger partial charge is 0.238 e. The summed E-state index contributed by atoms with van der Waals surface area (Å²) < 4.78 is 0. The number of amides is 2. The summed E-state index contributed by atoms with van der Waals surface area (Å²) in [6.45, 7) is 4.35. The number of piperazine rings is 1. The van der Waals surface area contributed by atoms with Crippen LogP contribution in [0.3, 0.4) is 0 Å². The number of hydrogen-bond donors (Lipinski definition) is 2. The van der Waals surface area contributed by atoms with E-state index < -0.39 is 0 Å². The molecule has 6 nitrogen and oxygen atoms in total. The molecule has 0 aliphatic carbocycles. The van der Waals surface area contributed by atoms with Gasteiger partial charge in [0.1, 0.15) is 0 Å². The minimum absolute atomic E-state index is 0.0257. The maximum atomic E-state index is 12.2. The molecule has 2 aromatic carbocycles. The molecule has 0 saturated carbocycles. The lowest BCUT2D eigenvalue weighted by Crippen LogP contribution is -2.50. The van der Waals surface area contributed by atoms with Gasteiger partial charge in [0.15, 0.2) is 0 Å². The molecular formula is C21H25ClN4O2. The molecule has 2 amide bonds. The number of nitrogens with zero attached hydrogens (tertiary/aromatic N) is 2. The van der Waals surface area contributed by atoms with Crippen molar-refractivity contribution in [2.75, 3.05) is 44.6 Å². The summed E-state index contributed by atoms with van der Waals surface area (Å²) in [5.41, 5.74) is 1.83. The Balaban J connectivity index is 1.34. The molecule has 2 aromatic rings. The molecule has 0 spiro atoms. The fourth-order valence-electron chi connectivity index (χ4n) is 3.10. The predicted molar refractivity (Wildman–Crippen MR) is 111 cm³/mol. The van der Waals surface area contributed by atoms with E-state index in [1.54, 1.807) is 24.3 Å². The van der Waals surface area contributed by atoms with Gasteiger partial charge in [0.25, 0.3) is 0 Å². The van der Waals surface area contributed by atoms with Crippen LogP contribution in [0.15, 0.2) is 54.6 Å². The van der Waals surface area contributed by atoms with Gasteiger partial charge in [-0.15, -0.1) is 0 Å². The summed E-state index contributed by atoms with van der Waals surface area (Å²) in [4.78, 5) is 28.5.